The minimum atomic E-state index is 0.639. The van der Waals surface area contributed by atoms with Gasteiger partial charge in [-0.3, -0.25) is 0 Å². The predicted octanol–water partition coefficient (Wildman–Crippen LogP) is 4.36. The van der Waals surface area contributed by atoms with Gasteiger partial charge in [-0.2, -0.15) is 0 Å². The monoisotopic (exact) mass is 250 g/mol. The Labute approximate surface area is 84.5 Å². The topological polar surface area (TPSA) is 0 Å². The zero-order valence-corrected chi connectivity index (χ0v) is 10.1. The molecule has 62 valence electrons. The lowest BCUT2D eigenvalue weighted by molar-refractivity contribution is 0.849. The fraction of sp³-hybridized carbons (Fsp3) is 0.500. The summed E-state index contributed by atoms with van der Waals surface area (Å²) in [5, 5.41) is 2.24. The molecule has 0 aliphatic rings. The molecular weight excluding hydrogens is 240 g/mol. The number of hydrogen-bond donors (Lipinski definition) is 0. The molecule has 0 aliphatic heterocycles. The van der Waals surface area contributed by atoms with Gasteiger partial charge in [-0.25, -0.2) is 0 Å². The molecule has 11 heavy (non-hydrogen) atoms. The SMILES string of the molecule is CSc1c(C(C)C)csc1Br. The van der Waals surface area contributed by atoms with Crippen LogP contribution >= 0.6 is 39.0 Å². The van der Waals surface area contributed by atoms with Crippen molar-refractivity contribution in [1.82, 2.24) is 0 Å². The summed E-state index contributed by atoms with van der Waals surface area (Å²) in [6, 6.07) is 0. The van der Waals surface area contributed by atoms with Crippen LogP contribution in [0.5, 0.6) is 0 Å². The second-order valence-electron chi connectivity index (χ2n) is 2.65. The van der Waals surface area contributed by atoms with E-state index < -0.39 is 0 Å². The van der Waals surface area contributed by atoms with Crippen molar-refractivity contribution in [3.63, 3.8) is 0 Å². The Morgan fingerprint density at radius 1 is 1.55 bits per heavy atom. The van der Waals surface area contributed by atoms with E-state index in [4.69, 9.17) is 0 Å². The maximum atomic E-state index is 3.54. The van der Waals surface area contributed by atoms with E-state index in [0.717, 1.165) is 0 Å². The Kier molecular flexibility index (Phi) is 3.47. The largest absolute Gasteiger partial charge is 0.135 e. The molecule has 0 radical (unpaired) electrons. The molecule has 1 heterocycles. The number of hydrogen-bond acceptors (Lipinski definition) is 2. The standard InChI is InChI=1S/C8H11BrS2/c1-5(2)6-4-11-8(9)7(6)10-3/h4-5H,1-3H3. The molecule has 1 aromatic rings. The van der Waals surface area contributed by atoms with E-state index in [-0.39, 0.29) is 0 Å². The third-order valence-electron chi connectivity index (χ3n) is 1.56. The van der Waals surface area contributed by atoms with E-state index in [2.05, 4.69) is 41.4 Å². The lowest BCUT2D eigenvalue weighted by Crippen LogP contribution is -1.84. The van der Waals surface area contributed by atoms with Crippen LogP contribution in [0.1, 0.15) is 25.3 Å². The molecule has 0 aliphatic carbocycles. The zero-order chi connectivity index (χ0) is 8.43. The van der Waals surface area contributed by atoms with Crippen LogP contribution in [0.2, 0.25) is 0 Å². The first-order valence-electron chi connectivity index (χ1n) is 3.47. The zero-order valence-electron chi connectivity index (χ0n) is 6.85. The van der Waals surface area contributed by atoms with Crippen molar-refractivity contribution in [2.45, 2.75) is 24.7 Å². The summed E-state index contributed by atoms with van der Waals surface area (Å²) in [4.78, 5) is 1.41. The minimum absolute atomic E-state index is 0.639. The van der Waals surface area contributed by atoms with E-state index in [9.17, 15) is 0 Å². The normalized spacial score (nSPS) is 11.0. The molecule has 0 spiro atoms. The number of rotatable bonds is 2. The fourth-order valence-corrected chi connectivity index (χ4v) is 3.93. The number of thiophene rings is 1. The first-order chi connectivity index (χ1) is 5.16. The van der Waals surface area contributed by atoms with Gasteiger partial charge >= 0.3 is 0 Å². The Balaban J connectivity index is 3.05. The summed E-state index contributed by atoms with van der Waals surface area (Å²) in [5.41, 5.74) is 1.47. The maximum absolute atomic E-state index is 3.54. The fourth-order valence-electron chi connectivity index (χ4n) is 0.932. The average Bonchev–Trinajstić information content (AvgIpc) is 2.30. The molecule has 0 saturated carbocycles. The van der Waals surface area contributed by atoms with E-state index >= 15 is 0 Å². The molecule has 0 N–H and O–H groups in total. The van der Waals surface area contributed by atoms with Crippen molar-refractivity contribution in [3.8, 4) is 0 Å². The highest BCUT2D eigenvalue weighted by Gasteiger charge is 2.10. The van der Waals surface area contributed by atoms with Gasteiger partial charge in [-0.15, -0.1) is 23.1 Å². The third-order valence-corrected chi connectivity index (χ3v) is 4.54. The van der Waals surface area contributed by atoms with Crippen LogP contribution in [0, 0.1) is 0 Å². The molecule has 0 atom stereocenters. The van der Waals surface area contributed by atoms with Crippen LogP contribution in [0.25, 0.3) is 0 Å². The predicted molar refractivity (Wildman–Crippen MR) is 57.9 cm³/mol. The Morgan fingerprint density at radius 2 is 2.18 bits per heavy atom. The van der Waals surface area contributed by atoms with Gasteiger partial charge in [0.2, 0.25) is 0 Å². The van der Waals surface area contributed by atoms with Crippen LogP contribution in [0.4, 0.5) is 0 Å². The van der Waals surface area contributed by atoms with Crippen molar-refractivity contribution in [2.24, 2.45) is 0 Å². The van der Waals surface area contributed by atoms with Gasteiger partial charge in [0, 0.05) is 4.90 Å². The molecule has 0 unspecified atom stereocenters. The summed E-state index contributed by atoms with van der Waals surface area (Å²) in [5.74, 6) is 0.639. The van der Waals surface area contributed by atoms with Crippen LogP contribution in [-0.2, 0) is 0 Å². The lowest BCUT2D eigenvalue weighted by Gasteiger charge is -2.04. The van der Waals surface area contributed by atoms with E-state index in [1.807, 2.05) is 11.8 Å². The smallest absolute Gasteiger partial charge is 0.0836 e. The molecule has 0 amide bonds. The van der Waals surface area contributed by atoms with Crippen molar-refractivity contribution < 1.29 is 0 Å². The van der Waals surface area contributed by atoms with Gasteiger partial charge in [0.1, 0.15) is 0 Å². The third kappa shape index (κ3) is 2.01. The number of thioether (sulfide) groups is 1. The molecule has 1 rings (SSSR count). The molecule has 0 nitrogen and oxygen atoms in total. The summed E-state index contributed by atoms with van der Waals surface area (Å²) in [6.45, 7) is 4.46. The highest BCUT2D eigenvalue weighted by molar-refractivity contribution is 9.11. The van der Waals surface area contributed by atoms with Gasteiger partial charge < -0.3 is 0 Å². The Bertz CT molecular complexity index is 240. The summed E-state index contributed by atoms with van der Waals surface area (Å²) < 4.78 is 1.27. The van der Waals surface area contributed by atoms with Crippen LogP contribution in [0.3, 0.4) is 0 Å². The quantitative estimate of drug-likeness (QED) is 0.704. The molecule has 0 fully saturated rings. The maximum Gasteiger partial charge on any atom is 0.0836 e. The second-order valence-corrected chi connectivity index (χ2v) is 5.67. The van der Waals surface area contributed by atoms with E-state index in [1.165, 1.54) is 14.2 Å². The van der Waals surface area contributed by atoms with Gasteiger partial charge in [0.15, 0.2) is 0 Å². The molecule has 0 saturated heterocycles. The van der Waals surface area contributed by atoms with E-state index in [1.54, 1.807) is 11.3 Å². The van der Waals surface area contributed by atoms with Gasteiger partial charge in [-0.1, -0.05) is 13.8 Å². The first kappa shape index (κ1) is 9.62. The number of halogens is 1. The van der Waals surface area contributed by atoms with Crippen molar-refractivity contribution in [2.75, 3.05) is 6.26 Å². The minimum Gasteiger partial charge on any atom is -0.135 e. The Hall–Kier alpha value is 0.530. The summed E-state index contributed by atoms with van der Waals surface area (Å²) in [6.07, 6.45) is 2.12. The molecule has 0 bridgehead atoms. The molecule has 1 aromatic heterocycles. The molecule has 3 heteroatoms. The summed E-state index contributed by atoms with van der Waals surface area (Å²) >= 11 is 7.14. The Morgan fingerprint density at radius 3 is 2.55 bits per heavy atom. The van der Waals surface area contributed by atoms with Crippen LogP contribution < -0.4 is 0 Å². The van der Waals surface area contributed by atoms with Gasteiger partial charge in [-0.05, 0) is 39.0 Å². The second kappa shape index (κ2) is 3.97. The van der Waals surface area contributed by atoms with Crippen molar-refractivity contribution >= 4 is 39.0 Å². The van der Waals surface area contributed by atoms with Crippen molar-refractivity contribution in [3.05, 3.63) is 14.7 Å². The van der Waals surface area contributed by atoms with Crippen LogP contribution in [0.15, 0.2) is 14.1 Å². The first-order valence-corrected chi connectivity index (χ1v) is 6.37. The highest BCUT2D eigenvalue weighted by Crippen LogP contribution is 2.38. The van der Waals surface area contributed by atoms with Gasteiger partial charge in [0.05, 0.1) is 3.79 Å². The van der Waals surface area contributed by atoms with Crippen molar-refractivity contribution in [1.29, 1.82) is 0 Å². The van der Waals surface area contributed by atoms with Gasteiger partial charge in [0.25, 0.3) is 0 Å². The lowest BCUT2D eigenvalue weighted by atomic mass is 10.1. The summed E-state index contributed by atoms with van der Waals surface area (Å²) in [7, 11) is 0. The molecular formula is C8H11BrS2. The highest BCUT2D eigenvalue weighted by atomic mass is 79.9. The molecule has 0 aromatic carbocycles. The van der Waals surface area contributed by atoms with E-state index in [0.29, 0.717) is 5.92 Å². The van der Waals surface area contributed by atoms with Crippen LogP contribution in [-0.4, -0.2) is 6.26 Å². The average molecular weight is 251 g/mol.